The molecule has 0 saturated carbocycles. The van der Waals surface area contributed by atoms with E-state index in [2.05, 4.69) is 5.32 Å². The zero-order valence-corrected chi connectivity index (χ0v) is 13.5. The molecule has 0 atom stereocenters. The summed E-state index contributed by atoms with van der Waals surface area (Å²) in [5, 5.41) is 11.2. The summed E-state index contributed by atoms with van der Waals surface area (Å²) in [4.78, 5) is 50.7. The number of anilines is 1. The molecule has 3 rings (SSSR count). The average molecular weight is 346 g/mol. The summed E-state index contributed by atoms with van der Waals surface area (Å²) in [6.45, 7) is 1.59. The van der Waals surface area contributed by atoms with Crippen LogP contribution in [0, 0.1) is 0 Å². The van der Waals surface area contributed by atoms with Crippen LogP contribution in [0.1, 0.15) is 16.8 Å². The Hall–Kier alpha value is -3.10. The number of amides is 5. The van der Waals surface area contributed by atoms with E-state index in [-0.39, 0.29) is 18.2 Å². The number of carboxylic acid groups (broad SMARTS) is 1. The maximum absolute atomic E-state index is 12.5. The van der Waals surface area contributed by atoms with Crippen molar-refractivity contribution in [3.63, 3.8) is 0 Å². The highest BCUT2D eigenvalue weighted by atomic mass is 16.4. The Labute approximate surface area is 143 Å². The summed E-state index contributed by atoms with van der Waals surface area (Å²) in [5.41, 5.74) is 1.08. The van der Waals surface area contributed by atoms with Crippen LogP contribution in [-0.4, -0.2) is 71.6 Å². The predicted octanol–water partition coefficient (Wildman–Crippen LogP) is 0.569. The SMILES string of the molecule is O=C1CCN(c2ccc(C(=O)N3CCN(C(=O)O)CC3)cc2)C(=O)N1. The number of carbonyl (C=O) groups excluding carboxylic acids is 3. The van der Waals surface area contributed by atoms with Crippen LogP contribution in [0.4, 0.5) is 15.3 Å². The molecule has 5 amide bonds. The fourth-order valence-corrected chi connectivity index (χ4v) is 2.88. The molecular formula is C16H18N4O5. The number of urea groups is 1. The normalized spacial score (nSPS) is 18.2. The number of carbonyl (C=O) groups is 4. The minimum absolute atomic E-state index is 0.171. The van der Waals surface area contributed by atoms with Crippen molar-refractivity contribution >= 4 is 29.6 Å². The quantitative estimate of drug-likeness (QED) is 0.813. The van der Waals surface area contributed by atoms with Crippen molar-refractivity contribution < 1.29 is 24.3 Å². The molecule has 0 aromatic heterocycles. The standard InChI is InChI=1S/C16H18N4O5/c21-13-5-6-20(15(23)17-13)12-3-1-11(2-4-12)14(22)18-7-9-19(10-8-18)16(24)25/h1-4H,5-10H2,(H,24,25)(H,17,21,23). The molecule has 9 heteroatoms. The van der Waals surface area contributed by atoms with Crippen molar-refractivity contribution in [3.05, 3.63) is 29.8 Å². The summed E-state index contributed by atoms with van der Waals surface area (Å²) in [7, 11) is 0. The van der Waals surface area contributed by atoms with Crippen molar-refractivity contribution in [2.24, 2.45) is 0 Å². The van der Waals surface area contributed by atoms with E-state index >= 15 is 0 Å². The van der Waals surface area contributed by atoms with Gasteiger partial charge >= 0.3 is 12.1 Å². The maximum Gasteiger partial charge on any atom is 0.407 e. The number of rotatable bonds is 2. The fourth-order valence-electron chi connectivity index (χ4n) is 2.88. The van der Waals surface area contributed by atoms with Crippen molar-refractivity contribution in [1.82, 2.24) is 15.1 Å². The van der Waals surface area contributed by atoms with Gasteiger partial charge in [-0.25, -0.2) is 9.59 Å². The summed E-state index contributed by atoms with van der Waals surface area (Å²) < 4.78 is 0. The minimum atomic E-state index is -0.977. The van der Waals surface area contributed by atoms with Crippen LogP contribution in [0.25, 0.3) is 0 Å². The van der Waals surface area contributed by atoms with Gasteiger partial charge in [0.25, 0.3) is 5.91 Å². The van der Waals surface area contributed by atoms with Gasteiger partial charge in [-0.05, 0) is 24.3 Å². The first-order chi connectivity index (χ1) is 12.0. The van der Waals surface area contributed by atoms with Gasteiger partial charge in [-0.2, -0.15) is 0 Å². The summed E-state index contributed by atoms with van der Waals surface area (Å²) in [6, 6.07) is 6.11. The summed E-state index contributed by atoms with van der Waals surface area (Å²) in [6.07, 6.45) is -0.741. The highest BCUT2D eigenvalue weighted by Gasteiger charge is 2.26. The molecule has 25 heavy (non-hydrogen) atoms. The highest BCUT2D eigenvalue weighted by molar-refractivity contribution is 6.05. The Bertz CT molecular complexity index is 710. The maximum atomic E-state index is 12.5. The summed E-state index contributed by atoms with van der Waals surface area (Å²) >= 11 is 0. The molecule has 2 N–H and O–H groups in total. The third kappa shape index (κ3) is 3.54. The van der Waals surface area contributed by atoms with Gasteiger partial charge in [0.2, 0.25) is 5.91 Å². The van der Waals surface area contributed by atoms with E-state index in [1.54, 1.807) is 29.2 Å². The molecule has 0 bridgehead atoms. The largest absolute Gasteiger partial charge is 0.465 e. The fraction of sp³-hybridized carbons (Fsp3) is 0.375. The molecule has 2 heterocycles. The van der Waals surface area contributed by atoms with E-state index < -0.39 is 12.1 Å². The Morgan fingerprint density at radius 3 is 2.08 bits per heavy atom. The van der Waals surface area contributed by atoms with Gasteiger partial charge in [0.1, 0.15) is 0 Å². The zero-order chi connectivity index (χ0) is 18.0. The lowest BCUT2D eigenvalue weighted by Crippen LogP contribution is -2.50. The van der Waals surface area contributed by atoms with E-state index in [1.807, 2.05) is 0 Å². The second-order valence-corrected chi connectivity index (χ2v) is 5.86. The molecule has 1 aromatic rings. The lowest BCUT2D eigenvalue weighted by atomic mass is 10.1. The molecule has 1 aromatic carbocycles. The van der Waals surface area contributed by atoms with Gasteiger partial charge in [-0.3, -0.25) is 19.8 Å². The van der Waals surface area contributed by atoms with Gasteiger partial charge in [0.15, 0.2) is 0 Å². The van der Waals surface area contributed by atoms with Crippen LogP contribution >= 0.6 is 0 Å². The molecule has 0 aliphatic carbocycles. The zero-order valence-electron chi connectivity index (χ0n) is 13.5. The van der Waals surface area contributed by atoms with Gasteiger partial charge < -0.3 is 14.9 Å². The molecule has 9 nitrogen and oxygen atoms in total. The third-order valence-corrected chi connectivity index (χ3v) is 4.32. The molecule has 2 saturated heterocycles. The number of benzene rings is 1. The number of nitrogens with zero attached hydrogens (tertiary/aromatic N) is 3. The Morgan fingerprint density at radius 2 is 1.52 bits per heavy atom. The molecule has 0 unspecified atom stereocenters. The first-order valence-corrected chi connectivity index (χ1v) is 7.94. The molecule has 0 radical (unpaired) electrons. The first-order valence-electron chi connectivity index (χ1n) is 7.94. The molecule has 0 spiro atoms. The number of hydrogen-bond donors (Lipinski definition) is 2. The second kappa shape index (κ2) is 6.80. The first kappa shape index (κ1) is 16.7. The predicted molar refractivity (Wildman–Crippen MR) is 87.4 cm³/mol. The van der Waals surface area contributed by atoms with Crippen LogP contribution in [0.3, 0.4) is 0 Å². The molecule has 132 valence electrons. The minimum Gasteiger partial charge on any atom is -0.465 e. The number of imide groups is 1. The van der Waals surface area contributed by atoms with Crippen LogP contribution < -0.4 is 10.2 Å². The third-order valence-electron chi connectivity index (χ3n) is 4.32. The van der Waals surface area contributed by atoms with Crippen LogP contribution in [-0.2, 0) is 4.79 Å². The molecule has 2 aliphatic heterocycles. The summed E-state index contributed by atoms with van der Waals surface area (Å²) in [5.74, 6) is -0.469. The molecule has 2 fully saturated rings. The van der Waals surface area contributed by atoms with Crippen LogP contribution in [0.5, 0.6) is 0 Å². The van der Waals surface area contributed by atoms with E-state index in [0.717, 1.165) is 0 Å². The van der Waals surface area contributed by atoms with Gasteiger partial charge in [0.05, 0.1) is 0 Å². The van der Waals surface area contributed by atoms with Crippen LogP contribution in [0.2, 0.25) is 0 Å². The highest BCUT2D eigenvalue weighted by Crippen LogP contribution is 2.19. The van der Waals surface area contributed by atoms with Crippen molar-refractivity contribution in [2.45, 2.75) is 6.42 Å². The number of nitrogens with one attached hydrogen (secondary N) is 1. The number of piperazine rings is 1. The van der Waals surface area contributed by atoms with Crippen molar-refractivity contribution in [1.29, 1.82) is 0 Å². The van der Waals surface area contributed by atoms with E-state index in [9.17, 15) is 19.2 Å². The average Bonchev–Trinajstić information content (AvgIpc) is 2.61. The lowest BCUT2D eigenvalue weighted by Gasteiger charge is -2.33. The van der Waals surface area contributed by atoms with Crippen molar-refractivity contribution in [2.75, 3.05) is 37.6 Å². The second-order valence-electron chi connectivity index (χ2n) is 5.86. The van der Waals surface area contributed by atoms with Gasteiger partial charge in [0, 0.05) is 50.4 Å². The van der Waals surface area contributed by atoms with E-state index in [1.165, 1.54) is 9.80 Å². The topological polar surface area (TPSA) is 110 Å². The Morgan fingerprint density at radius 1 is 0.920 bits per heavy atom. The number of hydrogen-bond acceptors (Lipinski definition) is 4. The molecule has 2 aliphatic rings. The Kier molecular flexibility index (Phi) is 4.55. The van der Waals surface area contributed by atoms with Gasteiger partial charge in [-0.1, -0.05) is 0 Å². The monoisotopic (exact) mass is 346 g/mol. The van der Waals surface area contributed by atoms with E-state index in [4.69, 9.17) is 5.11 Å². The van der Waals surface area contributed by atoms with E-state index in [0.29, 0.717) is 44.0 Å². The Balaban J connectivity index is 1.64. The van der Waals surface area contributed by atoms with Crippen molar-refractivity contribution in [3.8, 4) is 0 Å². The molecular weight excluding hydrogens is 328 g/mol. The smallest absolute Gasteiger partial charge is 0.407 e. The van der Waals surface area contributed by atoms with Crippen LogP contribution in [0.15, 0.2) is 24.3 Å². The lowest BCUT2D eigenvalue weighted by molar-refractivity contribution is -0.120. The van der Waals surface area contributed by atoms with Gasteiger partial charge in [-0.15, -0.1) is 0 Å².